The van der Waals surface area contributed by atoms with E-state index in [9.17, 15) is 6.48 Å². The van der Waals surface area contributed by atoms with Gasteiger partial charge in [-0.15, -0.1) is 29.3 Å². The third-order valence-corrected chi connectivity index (χ3v) is 9.84. The Balaban J connectivity index is 0.0000113. The van der Waals surface area contributed by atoms with Crippen LogP contribution in [0.4, 0.5) is 0 Å². The first-order valence-corrected chi connectivity index (χ1v) is 18.2. The summed E-state index contributed by atoms with van der Waals surface area (Å²) in [5.41, 5.74) is -14.6. The standard InChI is InChI=1S/C55H54N3O.Pt/c1-35-28-43(24-25-44(35)37-20-15-12-16-21-37)58-49-23-17-22-45(50(49)57-52(58)46-33-42(54(5,6)7)34-47(51(46)59)55(8,9)10)39-29-40(31-41(30-39)53(2,3)4)48-32-38(26-27-56-48)36-18-13-11-14-19-36;/h11-28,30-34,59H,1-10H3;/q-1;/i1D3,5D3,6D3,7D3,8D3,9D3,10D3,11D,13D,14D,18D,19D,26D,27D,32D;. The second-order valence-corrected chi connectivity index (χ2v) is 15.1. The fourth-order valence-corrected chi connectivity index (χ4v) is 6.83. The first-order chi connectivity index (χ1) is 40.0. The molecule has 0 unspecified atom stereocenters. The minimum atomic E-state index is -4.30. The molecule has 0 bridgehead atoms. The number of hydrogen-bond acceptors (Lipinski definition) is 3. The molecule has 2 heterocycles. The number of phenols is 1. The molecular formula is C55H54N3OPt-. The molecule has 0 aliphatic heterocycles. The number of fused-ring (bicyclic) bond motifs is 1. The van der Waals surface area contributed by atoms with Crippen LogP contribution in [0.2, 0.25) is 0 Å². The maximum atomic E-state index is 12.9. The fraction of sp³-hybridized carbons (Fsp3) is 0.236. The van der Waals surface area contributed by atoms with Gasteiger partial charge in [0.1, 0.15) is 11.6 Å². The first-order valence-electron chi connectivity index (χ1n) is 32.7. The number of rotatable bonds is 6. The van der Waals surface area contributed by atoms with E-state index in [4.69, 9.17) is 43.4 Å². The van der Waals surface area contributed by atoms with Crippen LogP contribution in [0.1, 0.15) is 124 Å². The zero-order chi connectivity index (χ0) is 66.3. The van der Waals surface area contributed by atoms with Gasteiger partial charge in [0.25, 0.3) is 0 Å². The van der Waals surface area contributed by atoms with Crippen molar-refractivity contribution < 1.29 is 65.9 Å². The summed E-state index contributed by atoms with van der Waals surface area (Å²) in [7, 11) is 0. The molecule has 0 spiro atoms. The molecule has 0 atom stereocenters. The van der Waals surface area contributed by atoms with Crippen molar-refractivity contribution in [2.75, 3.05) is 0 Å². The van der Waals surface area contributed by atoms with Gasteiger partial charge in [-0.2, -0.15) is 0 Å². The van der Waals surface area contributed by atoms with E-state index in [1.807, 2.05) is 0 Å². The van der Waals surface area contributed by atoms with Crippen LogP contribution in [-0.2, 0) is 37.3 Å². The zero-order valence-corrected chi connectivity index (χ0v) is 34.5. The van der Waals surface area contributed by atoms with Crippen LogP contribution in [-0.4, -0.2) is 19.6 Å². The van der Waals surface area contributed by atoms with Crippen molar-refractivity contribution in [3.8, 4) is 67.5 Å². The van der Waals surface area contributed by atoms with Gasteiger partial charge in [-0.25, -0.2) is 4.98 Å². The Kier molecular flexibility index (Phi) is 5.22. The minimum Gasteiger partial charge on any atom is -0.507 e. The van der Waals surface area contributed by atoms with Gasteiger partial charge in [-0.3, -0.25) is 9.55 Å². The molecule has 6 aromatic carbocycles. The fourth-order valence-electron chi connectivity index (χ4n) is 6.83. The number of phenolic OH excluding ortho intramolecular Hbond substituents is 1. The molecule has 4 nitrogen and oxygen atoms in total. The average Bonchev–Trinajstić information content (AvgIpc) is 1.01. The van der Waals surface area contributed by atoms with Crippen molar-refractivity contribution in [1.29, 1.82) is 0 Å². The van der Waals surface area contributed by atoms with E-state index >= 15 is 0 Å². The van der Waals surface area contributed by atoms with E-state index in [1.54, 1.807) is 63.2 Å². The zero-order valence-electron chi connectivity index (χ0n) is 61.3. The molecule has 1 N–H and O–H groups in total. The normalized spacial score (nSPS) is 20.6. The predicted molar refractivity (Wildman–Crippen MR) is 247 cm³/mol. The SMILES string of the molecule is [2H]c1nc(-c2[c-]c(-c3cccc4c3nc(-c3cc(C(C([2H])([2H])[2H])(C([2H])([2H])[2H])C([2H])([2H])[2H])cc(C(C([2H])([2H])[2H])(C([2H])([2H])[2H])C([2H])([2H])[2H])c3O)n4-c3ccc(-c4ccccc4)c(C([2H])([2H])[2H])c3)cc(C(C)(C)C)c2)c([2H])c(-c2c([2H])c([2H])c([2H])c([2H])c2[2H])c1[2H].[Pt]. The Bertz CT molecular complexity index is 3990. The van der Waals surface area contributed by atoms with E-state index in [1.165, 1.54) is 36.4 Å². The number of benzene rings is 6. The summed E-state index contributed by atoms with van der Waals surface area (Å²) in [6.07, 6.45) is -0.774. The molecule has 0 saturated carbocycles. The van der Waals surface area contributed by atoms with Crippen molar-refractivity contribution in [1.82, 2.24) is 14.5 Å². The maximum Gasteiger partial charge on any atom is 0.148 e. The molecule has 0 radical (unpaired) electrons. The Morgan fingerprint density at radius 3 is 2.12 bits per heavy atom. The topological polar surface area (TPSA) is 50.9 Å². The third kappa shape index (κ3) is 8.28. The second kappa shape index (κ2) is 16.1. The van der Waals surface area contributed by atoms with Crippen molar-refractivity contribution in [2.24, 2.45) is 0 Å². The van der Waals surface area contributed by atoms with Crippen LogP contribution >= 0.6 is 0 Å². The van der Waals surface area contributed by atoms with E-state index in [2.05, 4.69) is 11.1 Å². The predicted octanol–water partition coefficient (Wildman–Crippen LogP) is 14.5. The number of aryl methyl sites for hydroxylation is 1. The van der Waals surface area contributed by atoms with Gasteiger partial charge in [0.05, 0.1) is 27.6 Å². The van der Waals surface area contributed by atoms with Gasteiger partial charge < -0.3 is 5.11 Å². The number of imidazole rings is 1. The summed E-state index contributed by atoms with van der Waals surface area (Å²) < 4.78 is 254. The van der Waals surface area contributed by atoms with Gasteiger partial charge in [0.2, 0.25) is 0 Å². The summed E-state index contributed by atoms with van der Waals surface area (Å²) in [4.78, 5) is 9.19. The molecular weight excluding hydrogens is 914 g/mol. The van der Waals surface area contributed by atoms with E-state index in [-0.39, 0.29) is 77.4 Å². The average molecular weight is 997 g/mol. The molecule has 0 amide bonds. The van der Waals surface area contributed by atoms with Crippen LogP contribution in [0.25, 0.3) is 72.7 Å². The molecule has 0 fully saturated rings. The summed E-state index contributed by atoms with van der Waals surface area (Å²) in [5, 5.41) is 12.9. The van der Waals surface area contributed by atoms with Crippen molar-refractivity contribution >= 4 is 11.0 Å². The van der Waals surface area contributed by atoms with Crippen LogP contribution in [0.5, 0.6) is 5.75 Å². The molecule has 0 aliphatic rings. The van der Waals surface area contributed by atoms with Crippen LogP contribution in [0.15, 0.2) is 139 Å². The van der Waals surface area contributed by atoms with Gasteiger partial charge >= 0.3 is 0 Å². The summed E-state index contributed by atoms with van der Waals surface area (Å²) in [6.45, 7) is -23.0. The molecule has 8 aromatic rings. The van der Waals surface area contributed by atoms with E-state index < -0.39 is 152 Å². The Morgan fingerprint density at radius 2 is 1.40 bits per heavy atom. The van der Waals surface area contributed by atoms with Crippen molar-refractivity contribution in [3.05, 3.63) is 168 Å². The van der Waals surface area contributed by atoms with Crippen LogP contribution < -0.4 is 0 Å². The molecule has 8 rings (SSSR count). The third-order valence-electron chi connectivity index (χ3n) is 9.84. The van der Waals surface area contributed by atoms with E-state index in [0.29, 0.717) is 17.2 Å². The smallest absolute Gasteiger partial charge is 0.148 e. The molecule has 306 valence electrons. The first kappa shape index (κ1) is 19.4. The molecule has 0 saturated heterocycles. The summed E-state index contributed by atoms with van der Waals surface area (Å²) in [6, 6.07) is 18.2. The summed E-state index contributed by atoms with van der Waals surface area (Å²) in [5.74, 6) is -2.32. The van der Waals surface area contributed by atoms with Crippen molar-refractivity contribution in [2.45, 2.75) is 85.0 Å². The number of aromatic hydroxyl groups is 1. The number of para-hydroxylation sites is 1. The number of pyridine rings is 1. The number of hydrogen-bond donors (Lipinski definition) is 1. The van der Waals surface area contributed by atoms with Crippen molar-refractivity contribution in [3.63, 3.8) is 0 Å². The van der Waals surface area contributed by atoms with Gasteiger partial charge in [0, 0.05) is 73.0 Å². The van der Waals surface area contributed by atoms with Gasteiger partial charge in [-0.05, 0) is 86.8 Å². The number of nitrogens with zero attached hydrogens (tertiary/aromatic N) is 3. The number of aromatic nitrogens is 3. The Morgan fingerprint density at radius 1 is 0.667 bits per heavy atom. The second-order valence-electron chi connectivity index (χ2n) is 15.1. The van der Waals surface area contributed by atoms with E-state index in [0.717, 1.165) is 4.57 Å². The van der Waals surface area contributed by atoms with Gasteiger partial charge in [0.15, 0.2) is 0 Å². The summed E-state index contributed by atoms with van der Waals surface area (Å²) >= 11 is 0. The Labute approximate surface area is 411 Å². The van der Waals surface area contributed by atoms with Crippen LogP contribution in [0.3, 0.4) is 0 Å². The van der Waals surface area contributed by atoms with Gasteiger partial charge in [-0.1, -0.05) is 164 Å². The molecule has 2 aromatic heterocycles. The largest absolute Gasteiger partial charge is 0.507 e. The quantitative estimate of drug-likeness (QED) is 0.169. The molecule has 0 aliphatic carbocycles. The maximum absolute atomic E-state index is 12.9. The minimum absolute atomic E-state index is 0. The molecule has 5 heteroatoms. The molecule has 60 heavy (non-hydrogen) atoms. The Hall–Kier alpha value is -5.57. The monoisotopic (exact) mass is 997 g/mol. The van der Waals surface area contributed by atoms with Crippen LogP contribution in [0, 0.1) is 12.9 Å².